The maximum absolute atomic E-state index is 12.0. The molecule has 0 aliphatic heterocycles. The van der Waals surface area contributed by atoms with Gasteiger partial charge in [0, 0.05) is 12.7 Å². The summed E-state index contributed by atoms with van der Waals surface area (Å²) in [6.07, 6.45) is 0. The molecule has 0 saturated carbocycles. The number of aromatic nitrogens is 2. The van der Waals surface area contributed by atoms with Crippen LogP contribution < -0.4 is 10.3 Å². The second kappa shape index (κ2) is 6.68. The first-order valence-corrected chi connectivity index (χ1v) is 6.36. The fourth-order valence-electron chi connectivity index (χ4n) is 1.94. The number of hydrogen-bond acceptors (Lipinski definition) is 5. The zero-order valence-corrected chi connectivity index (χ0v) is 11.9. The molecule has 1 aromatic carbocycles. The highest BCUT2D eigenvalue weighted by molar-refractivity contribution is 5.67. The fourth-order valence-corrected chi connectivity index (χ4v) is 1.94. The second-order valence-electron chi connectivity index (χ2n) is 4.28. The molecule has 0 unspecified atom stereocenters. The third-order valence-electron chi connectivity index (χ3n) is 2.98. The highest BCUT2D eigenvalue weighted by Gasteiger charge is 2.12. The van der Waals surface area contributed by atoms with Crippen molar-refractivity contribution in [2.45, 2.75) is 6.54 Å². The van der Waals surface area contributed by atoms with Gasteiger partial charge in [0.15, 0.2) is 0 Å². The minimum absolute atomic E-state index is 0.0435. The summed E-state index contributed by atoms with van der Waals surface area (Å²) < 4.78 is 11.5. The first-order valence-electron chi connectivity index (χ1n) is 6.36. The Kier molecular flexibility index (Phi) is 4.69. The molecule has 6 nitrogen and oxygen atoms in total. The fraction of sp³-hybridized carbons (Fsp3) is 0.267. The van der Waals surface area contributed by atoms with Crippen molar-refractivity contribution in [3.05, 3.63) is 46.2 Å². The van der Waals surface area contributed by atoms with Crippen LogP contribution in [0.3, 0.4) is 0 Å². The van der Waals surface area contributed by atoms with E-state index in [0.717, 1.165) is 5.56 Å². The molecule has 21 heavy (non-hydrogen) atoms. The topological polar surface area (TPSA) is 77.1 Å². The van der Waals surface area contributed by atoms with E-state index in [1.807, 2.05) is 24.3 Å². The van der Waals surface area contributed by atoms with Crippen LogP contribution in [0, 0.1) is 11.3 Å². The van der Waals surface area contributed by atoms with Gasteiger partial charge in [0.25, 0.3) is 5.56 Å². The van der Waals surface area contributed by atoms with Crippen LogP contribution in [0.25, 0.3) is 11.3 Å². The van der Waals surface area contributed by atoms with Gasteiger partial charge in [-0.15, -0.1) is 0 Å². The van der Waals surface area contributed by atoms with Crippen LogP contribution >= 0.6 is 0 Å². The third kappa shape index (κ3) is 3.09. The smallest absolute Gasteiger partial charge is 0.284 e. The zero-order valence-electron chi connectivity index (χ0n) is 11.9. The Hall–Kier alpha value is -2.65. The van der Waals surface area contributed by atoms with E-state index in [2.05, 4.69) is 5.10 Å². The molecule has 0 radical (unpaired) electrons. The summed E-state index contributed by atoms with van der Waals surface area (Å²) in [5.74, 6) is 0.630. The summed E-state index contributed by atoms with van der Waals surface area (Å²) in [6.45, 7) is 0.625. The Bertz CT molecular complexity index is 732. The van der Waals surface area contributed by atoms with Crippen molar-refractivity contribution in [2.75, 3.05) is 20.8 Å². The number of para-hydroxylation sites is 1. The SMILES string of the molecule is COCCn1nc(-c2ccccc2OC)cc(C#N)c1=O. The van der Waals surface area contributed by atoms with Crippen LogP contribution in [0.5, 0.6) is 5.75 Å². The standard InChI is InChI=1S/C15H15N3O3/c1-20-8-7-18-15(19)11(10-16)9-13(17-18)12-5-3-4-6-14(12)21-2/h3-6,9H,7-8H2,1-2H3. The minimum atomic E-state index is -0.423. The molecule has 0 aliphatic carbocycles. The molecule has 1 heterocycles. The molecule has 2 aromatic rings. The average molecular weight is 285 g/mol. The number of benzene rings is 1. The van der Waals surface area contributed by atoms with Gasteiger partial charge in [0.1, 0.15) is 17.4 Å². The van der Waals surface area contributed by atoms with Crippen molar-refractivity contribution in [1.29, 1.82) is 5.26 Å². The summed E-state index contributed by atoms with van der Waals surface area (Å²) in [5, 5.41) is 13.4. The van der Waals surface area contributed by atoms with Gasteiger partial charge in [-0.25, -0.2) is 4.68 Å². The highest BCUT2D eigenvalue weighted by Crippen LogP contribution is 2.27. The molecule has 0 spiro atoms. The first kappa shape index (κ1) is 14.8. The number of nitriles is 1. The molecule has 1 aromatic heterocycles. The summed E-state index contributed by atoms with van der Waals surface area (Å²) in [7, 11) is 3.10. The monoisotopic (exact) mass is 285 g/mol. The Morgan fingerprint density at radius 2 is 2.10 bits per heavy atom. The maximum atomic E-state index is 12.0. The maximum Gasteiger partial charge on any atom is 0.284 e. The van der Waals surface area contributed by atoms with E-state index < -0.39 is 5.56 Å². The van der Waals surface area contributed by atoms with Crippen molar-refractivity contribution in [2.24, 2.45) is 0 Å². The Morgan fingerprint density at radius 1 is 1.33 bits per heavy atom. The van der Waals surface area contributed by atoms with Crippen LogP contribution in [-0.2, 0) is 11.3 Å². The molecule has 0 amide bonds. The van der Waals surface area contributed by atoms with Crippen LogP contribution in [0.1, 0.15) is 5.56 Å². The lowest BCUT2D eigenvalue weighted by Crippen LogP contribution is -2.27. The molecule has 0 fully saturated rings. The number of methoxy groups -OCH3 is 2. The predicted octanol–water partition coefficient (Wildman–Crippen LogP) is 1.44. The van der Waals surface area contributed by atoms with Crippen molar-refractivity contribution < 1.29 is 9.47 Å². The largest absolute Gasteiger partial charge is 0.496 e. The Balaban J connectivity index is 2.59. The molecule has 0 N–H and O–H groups in total. The Morgan fingerprint density at radius 3 is 2.76 bits per heavy atom. The van der Waals surface area contributed by atoms with Crippen molar-refractivity contribution in [1.82, 2.24) is 9.78 Å². The van der Waals surface area contributed by atoms with E-state index in [0.29, 0.717) is 18.1 Å². The molecule has 0 bridgehead atoms. The predicted molar refractivity (Wildman–Crippen MR) is 77.1 cm³/mol. The molecular weight excluding hydrogens is 270 g/mol. The molecular formula is C15H15N3O3. The quantitative estimate of drug-likeness (QED) is 0.830. The number of hydrogen-bond donors (Lipinski definition) is 0. The van der Waals surface area contributed by atoms with Gasteiger partial charge in [0.2, 0.25) is 0 Å². The van der Waals surface area contributed by atoms with Gasteiger partial charge in [-0.05, 0) is 18.2 Å². The van der Waals surface area contributed by atoms with Gasteiger partial charge in [-0.2, -0.15) is 10.4 Å². The van der Waals surface area contributed by atoms with Gasteiger partial charge in [0.05, 0.1) is 26.0 Å². The third-order valence-corrected chi connectivity index (χ3v) is 2.98. The summed E-state index contributed by atoms with van der Waals surface area (Å²) in [4.78, 5) is 12.0. The van der Waals surface area contributed by atoms with E-state index in [1.54, 1.807) is 20.3 Å². The van der Waals surface area contributed by atoms with Gasteiger partial charge >= 0.3 is 0 Å². The van der Waals surface area contributed by atoms with E-state index in [-0.39, 0.29) is 12.1 Å². The van der Waals surface area contributed by atoms with Crippen molar-refractivity contribution in [3.63, 3.8) is 0 Å². The van der Waals surface area contributed by atoms with Crippen LogP contribution in [0.4, 0.5) is 0 Å². The van der Waals surface area contributed by atoms with Crippen LogP contribution in [-0.4, -0.2) is 30.6 Å². The average Bonchev–Trinajstić information content (AvgIpc) is 2.53. The first-order chi connectivity index (χ1) is 10.2. The van der Waals surface area contributed by atoms with Crippen LogP contribution in [0.15, 0.2) is 35.1 Å². The van der Waals surface area contributed by atoms with Crippen molar-refractivity contribution >= 4 is 0 Å². The van der Waals surface area contributed by atoms with E-state index in [1.165, 1.54) is 10.7 Å². The van der Waals surface area contributed by atoms with Crippen molar-refractivity contribution in [3.8, 4) is 23.1 Å². The molecule has 0 saturated heterocycles. The van der Waals surface area contributed by atoms with Gasteiger partial charge in [-0.1, -0.05) is 12.1 Å². The second-order valence-corrected chi connectivity index (χ2v) is 4.28. The lowest BCUT2D eigenvalue weighted by Gasteiger charge is -2.10. The minimum Gasteiger partial charge on any atom is -0.496 e. The number of ether oxygens (including phenoxy) is 2. The van der Waals surface area contributed by atoms with E-state index >= 15 is 0 Å². The molecule has 2 rings (SSSR count). The summed E-state index contributed by atoms with van der Waals surface area (Å²) >= 11 is 0. The molecule has 6 heteroatoms. The number of nitrogens with zero attached hydrogens (tertiary/aromatic N) is 3. The zero-order chi connectivity index (χ0) is 15.2. The molecule has 0 aliphatic rings. The lowest BCUT2D eigenvalue weighted by atomic mass is 10.1. The highest BCUT2D eigenvalue weighted by atomic mass is 16.5. The van der Waals surface area contributed by atoms with Crippen LogP contribution in [0.2, 0.25) is 0 Å². The normalized spacial score (nSPS) is 10.1. The molecule has 108 valence electrons. The Labute approximate surface area is 122 Å². The lowest BCUT2D eigenvalue weighted by molar-refractivity contribution is 0.182. The van der Waals surface area contributed by atoms with Gasteiger partial charge in [-0.3, -0.25) is 4.79 Å². The van der Waals surface area contributed by atoms with E-state index in [9.17, 15) is 4.79 Å². The summed E-state index contributed by atoms with van der Waals surface area (Å²) in [5.41, 5.74) is 0.859. The number of rotatable bonds is 5. The van der Waals surface area contributed by atoms with E-state index in [4.69, 9.17) is 14.7 Å². The summed E-state index contributed by atoms with van der Waals surface area (Å²) in [6, 6.07) is 10.7. The molecule has 0 atom stereocenters. The van der Waals surface area contributed by atoms with Gasteiger partial charge < -0.3 is 9.47 Å².